The molecule has 0 radical (unpaired) electrons. The minimum absolute atomic E-state index is 0.0616. The second-order valence-electron chi connectivity index (χ2n) is 6.07. The highest BCUT2D eigenvalue weighted by Crippen LogP contribution is 2.22. The highest BCUT2D eigenvalue weighted by Gasteiger charge is 2.33. The van der Waals surface area contributed by atoms with Crippen LogP contribution in [-0.4, -0.2) is 43.3 Å². The predicted molar refractivity (Wildman–Crippen MR) is 96.3 cm³/mol. The van der Waals surface area contributed by atoms with Crippen LogP contribution in [0.15, 0.2) is 47.1 Å². The number of rotatable bonds is 6. The zero-order valence-corrected chi connectivity index (χ0v) is 15.1. The first-order chi connectivity index (χ1) is 11.9. The molecular formula is C17H19ClN2O4S. The molecule has 6 nitrogen and oxygen atoms in total. The largest absolute Gasteiger partial charge is 0.468 e. The monoisotopic (exact) mass is 382 g/mol. The quantitative estimate of drug-likeness (QED) is 0.830. The number of carbonyl (C=O) groups excluding carboxylic acids is 1. The van der Waals surface area contributed by atoms with Gasteiger partial charge < -0.3 is 9.73 Å². The number of nitrogens with zero attached hydrogens (tertiary/aromatic N) is 1. The van der Waals surface area contributed by atoms with Crippen molar-refractivity contribution in [2.75, 3.05) is 23.4 Å². The summed E-state index contributed by atoms with van der Waals surface area (Å²) in [5, 5.41) is 3.23. The minimum Gasteiger partial charge on any atom is -0.468 e. The van der Waals surface area contributed by atoms with Gasteiger partial charge in [0.1, 0.15) is 5.76 Å². The van der Waals surface area contributed by atoms with Crippen LogP contribution in [0, 0.1) is 0 Å². The third-order valence-electron chi connectivity index (χ3n) is 4.16. The van der Waals surface area contributed by atoms with Gasteiger partial charge in [0.15, 0.2) is 9.84 Å². The van der Waals surface area contributed by atoms with Gasteiger partial charge in [0, 0.05) is 6.04 Å². The normalized spacial score (nSPS) is 19.2. The molecule has 1 aromatic heterocycles. The molecule has 25 heavy (non-hydrogen) atoms. The van der Waals surface area contributed by atoms with Gasteiger partial charge in [-0.1, -0.05) is 23.7 Å². The van der Waals surface area contributed by atoms with E-state index in [1.807, 2.05) is 11.0 Å². The number of hydrogen-bond donors (Lipinski definition) is 1. The van der Waals surface area contributed by atoms with Crippen molar-refractivity contribution in [3.8, 4) is 0 Å². The van der Waals surface area contributed by atoms with Crippen LogP contribution >= 0.6 is 11.6 Å². The smallest absolute Gasteiger partial charge is 0.238 e. The Balaban J connectivity index is 1.70. The van der Waals surface area contributed by atoms with Crippen LogP contribution in [0.2, 0.25) is 5.02 Å². The molecule has 2 heterocycles. The van der Waals surface area contributed by atoms with E-state index in [0.29, 0.717) is 29.4 Å². The first-order valence-corrected chi connectivity index (χ1v) is 10.1. The molecule has 1 saturated heterocycles. The van der Waals surface area contributed by atoms with Crippen LogP contribution in [0.25, 0.3) is 0 Å². The van der Waals surface area contributed by atoms with Crippen molar-refractivity contribution in [3.63, 3.8) is 0 Å². The molecule has 0 saturated carbocycles. The lowest BCUT2D eigenvalue weighted by molar-refractivity contribution is -0.118. The van der Waals surface area contributed by atoms with Crippen molar-refractivity contribution in [3.05, 3.63) is 53.4 Å². The first-order valence-electron chi connectivity index (χ1n) is 7.94. The Morgan fingerprint density at radius 1 is 1.28 bits per heavy atom. The molecular weight excluding hydrogens is 364 g/mol. The lowest BCUT2D eigenvalue weighted by Crippen LogP contribution is -2.41. The van der Waals surface area contributed by atoms with Gasteiger partial charge >= 0.3 is 0 Å². The molecule has 3 rings (SSSR count). The summed E-state index contributed by atoms with van der Waals surface area (Å²) < 4.78 is 29.0. The maximum Gasteiger partial charge on any atom is 0.238 e. The average Bonchev–Trinajstić information content (AvgIpc) is 3.18. The van der Waals surface area contributed by atoms with Crippen LogP contribution in [0.3, 0.4) is 0 Å². The fourth-order valence-corrected chi connectivity index (χ4v) is 4.86. The number of para-hydroxylation sites is 1. The van der Waals surface area contributed by atoms with Crippen molar-refractivity contribution in [2.45, 2.75) is 19.0 Å². The summed E-state index contributed by atoms with van der Waals surface area (Å²) in [7, 11) is -3.05. The number of nitrogens with one attached hydrogen (secondary N) is 1. The van der Waals surface area contributed by atoms with Crippen molar-refractivity contribution in [2.24, 2.45) is 0 Å². The van der Waals surface area contributed by atoms with E-state index in [0.717, 1.165) is 0 Å². The second-order valence-corrected chi connectivity index (χ2v) is 8.71. The summed E-state index contributed by atoms with van der Waals surface area (Å²) in [6.45, 7) is 0.440. The van der Waals surface area contributed by atoms with Gasteiger partial charge in [-0.05, 0) is 30.7 Å². The molecule has 1 amide bonds. The van der Waals surface area contributed by atoms with Gasteiger partial charge in [-0.15, -0.1) is 0 Å². The van der Waals surface area contributed by atoms with Crippen LogP contribution in [0.5, 0.6) is 0 Å². The Hall–Kier alpha value is -1.83. The Morgan fingerprint density at radius 2 is 2.08 bits per heavy atom. The molecule has 8 heteroatoms. The van der Waals surface area contributed by atoms with E-state index in [4.69, 9.17) is 16.0 Å². The summed E-state index contributed by atoms with van der Waals surface area (Å²) in [5.41, 5.74) is 0.533. The zero-order valence-electron chi connectivity index (χ0n) is 13.5. The molecule has 0 bridgehead atoms. The van der Waals surface area contributed by atoms with Crippen LogP contribution in [-0.2, 0) is 21.2 Å². The number of halogens is 1. The standard InChI is InChI=1S/C17H19ClN2O4S/c18-15-5-1-2-6-16(15)19-17(21)11-20(10-14-4-3-8-24-14)13-7-9-25(22,23)12-13/h1-6,8,13H,7,9-12H2,(H,19,21)/t13-/m0/s1. The number of carbonyl (C=O) groups is 1. The van der Waals surface area contributed by atoms with E-state index in [1.54, 1.807) is 36.6 Å². The van der Waals surface area contributed by atoms with Crippen LogP contribution in [0.4, 0.5) is 5.69 Å². The third-order valence-corrected chi connectivity index (χ3v) is 6.24. The molecule has 1 fully saturated rings. The predicted octanol–water partition coefficient (Wildman–Crippen LogP) is 2.56. The van der Waals surface area contributed by atoms with Gasteiger partial charge in [-0.2, -0.15) is 0 Å². The molecule has 2 aromatic rings. The molecule has 1 aromatic carbocycles. The number of hydrogen-bond acceptors (Lipinski definition) is 5. The number of anilines is 1. The maximum absolute atomic E-state index is 12.4. The zero-order chi connectivity index (χ0) is 17.9. The van der Waals surface area contributed by atoms with Crippen LogP contribution in [0.1, 0.15) is 12.2 Å². The van der Waals surface area contributed by atoms with E-state index in [-0.39, 0.29) is 30.0 Å². The van der Waals surface area contributed by atoms with Gasteiger partial charge in [-0.25, -0.2) is 8.42 Å². The molecule has 0 unspecified atom stereocenters. The second kappa shape index (κ2) is 7.59. The van der Waals surface area contributed by atoms with E-state index >= 15 is 0 Å². The molecule has 0 aliphatic carbocycles. The number of amides is 1. The number of sulfone groups is 1. The molecule has 1 aliphatic heterocycles. The van der Waals surface area contributed by atoms with E-state index in [2.05, 4.69) is 5.32 Å². The molecule has 134 valence electrons. The molecule has 0 spiro atoms. The summed E-state index contributed by atoms with van der Waals surface area (Å²) in [6.07, 6.45) is 2.07. The van der Waals surface area contributed by atoms with Crippen molar-refractivity contribution in [1.82, 2.24) is 4.90 Å². The van der Waals surface area contributed by atoms with Crippen molar-refractivity contribution < 1.29 is 17.6 Å². The van der Waals surface area contributed by atoms with E-state index in [1.165, 1.54) is 0 Å². The summed E-state index contributed by atoms with van der Waals surface area (Å²) in [5.74, 6) is 0.657. The minimum atomic E-state index is -3.05. The highest BCUT2D eigenvalue weighted by atomic mass is 35.5. The third kappa shape index (κ3) is 4.84. The topological polar surface area (TPSA) is 79.6 Å². The average molecular weight is 383 g/mol. The lowest BCUT2D eigenvalue weighted by Gasteiger charge is -2.26. The number of furan rings is 1. The molecule has 1 atom stereocenters. The summed E-state index contributed by atoms with van der Waals surface area (Å²) in [6, 6.07) is 10.4. The summed E-state index contributed by atoms with van der Waals surface area (Å²) >= 11 is 6.06. The first kappa shape index (κ1) is 18.0. The van der Waals surface area contributed by atoms with Gasteiger partial charge in [0.25, 0.3) is 0 Å². The Labute approximate surface area is 151 Å². The fourth-order valence-electron chi connectivity index (χ4n) is 2.92. The van der Waals surface area contributed by atoms with Gasteiger partial charge in [0.05, 0.1) is 41.6 Å². The molecule has 1 N–H and O–H groups in total. The fraction of sp³-hybridized carbons (Fsp3) is 0.353. The number of benzene rings is 1. The van der Waals surface area contributed by atoms with Crippen molar-refractivity contribution in [1.29, 1.82) is 0 Å². The van der Waals surface area contributed by atoms with E-state index in [9.17, 15) is 13.2 Å². The van der Waals surface area contributed by atoms with E-state index < -0.39 is 9.84 Å². The Kier molecular flexibility index (Phi) is 5.46. The van der Waals surface area contributed by atoms with Gasteiger partial charge in [0.2, 0.25) is 5.91 Å². The van der Waals surface area contributed by atoms with Gasteiger partial charge in [-0.3, -0.25) is 9.69 Å². The SMILES string of the molecule is O=C(CN(Cc1ccco1)[C@H]1CCS(=O)(=O)C1)Nc1ccccc1Cl. The summed E-state index contributed by atoms with van der Waals surface area (Å²) in [4.78, 5) is 14.3. The Morgan fingerprint density at radius 3 is 2.72 bits per heavy atom. The Bertz CT molecular complexity index is 836. The molecule has 1 aliphatic rings. The lowest BCUT2D eigenvalue weighted by atomic mass is 10.2. The highest BCUT2D eigenvalue weighted by molar-refractivity contribution is 7.91. The van der Waals surface area contributed by atoms with Crippen LogP contribution < -0.4 is 5.32 Å². The maximum atomic E-state index is 12.4. The van der Waals surface area contributed by atoms with Crippen molar-refractivity contribution >= 4 is 33.0 Å².